The fourth-order valence-corrected chi connectivity index (χ4v) is 2.46. The fraction of sp³-hybridized carbons (Fsp3) is 0.286. The van der Waals surface area contributed by atoms with Gasteiger partial charge in [0.05, 0.1) is 18.6 Å². The predicted molar refractivity (Wildman–Crippen MR) is 82.3 cm³/mol. The van der Waals surface area contributed by atoms with Crippen molar-refractivity contribution in [1.82, 2.24) is 24.5 Å². The minimum Gasteiger partial charge on any atom is -0.368 e. The third kappa shape index (κ3) is 2.31. The Morgan fingerprint density at radius 1 is 1.14 bits per heavy atom. The van der Waals surface area contributed by atoms with Crippen LogP contribution in [0.5, 0.6) is 0 Å². The van der Waals surface area contributed by atoms with Gasteiger partial charge < -0.3 is 10.3 Å². The first-order chi connectivity index (χ1) is 9.97. The van der Waals surface area contributed by atoms with Crippen LogP contribution in [0.15, 0.2) is 12.5 Å². The molecular weight excluding hydrogens is 288 g/mol. The van der Waals surface area contributed by atoms with Gasteiger partial charge in [0.15, 0.2) is 10.8 Å². The molecule has 3 aromatic rings. The van der Waals surface area contributed by atoms with E-state index in [1.54, 1.807) is 6.33 Å². The molecule has 108 valence electrons. The van der Waals surface area contributed by atoms with Crippen molar-refractivity contribution in [1.29, 1.82) is 0 Å². The number of hydrogen-bond acceptors (Lipinski definition) is 5. The van der Waals surface area contributed by atoms with Gasteiger partial charge in [-0.15, -0.1) is 0 Å². The normalized spacial score (nSPS) is 11.2. The molecule has 0 spiro atoms. The van der Waals surface area contributed by atoms with Gasteiger partial charge in [-0.2, -0.15) is 9.97 Å². The molecule has 0 bridgehead atoms. The predicted octanol–water partition coefficient (Wildman–Crippen LogP) is 2.43. The van der Waals surface area contributed by atoms with Crippen molar-refractivity contribution in [2.45, 2.75) is 27.3 Å². The topological polar surface area (TPSA) is 82.5 Å². The highest BCUT2D eigenvalue weighted by Crippen LogP contribution is 2.21. The molecule has 0 aliphatic carbocycles. The number of imidazole rings is 1. The zero-order valence-corrected chi connectivity index (χ0v) is 12.8. The smallest absolute Gasteiger partial charge is 0.223 e. The first kappa shape index (κ1) is 13.8. The summed E-state index contributed by atoms with van der Waals surface area (Å²) in [5, 5.41) is 0.265. The van der Waals surface area contributed by atoms with Gasteiger partial charge in [-0.3, -0.25) is 4.98 Å². The van der Waals surface area contributed by atoms with Crippen molar-refractivity contribution in [2.24, 2.45) is 0 Å². The monoisotopic (exact) mass is 302 g/mol. The SMILES string of the molecule is Cc1cnc(Cn2cnc3c(Cl)nc(N)nc32)c(C)c1C. The lowest BCUT2D eigenvalue weighted by atomic mass is 10.0. The van der Waals surface area contributed by atoms with Gasteiger partial charge in [0.2, 0.25) is 5.95 Å². The van der Waals surface area contributed by atoms with Crippen LogP contribution >= 0.6 is 11.6 Å². The molecule has 0 radical (unpaired) electrons. The molecule has 0 saturated heterocycles. The lowest BCUT2D eigenvalue weighted by Crippen LogP contribution is -2.06. The van der Waals surface area contributed by atoms with Gasteiger partial charge in [0.25, 0.3) is 0 Å². The van der Waals surface area contributed by atoms with Crippen LogP contribution in [0.2, 0.25) is 5.15 Å². The zero-order chi connectivity index (χ0) is 15.1. The summed E-state index contributed by atoms with van der Waals surface area (Å²) in [5.74, 6) is 0.138. The van der Waals surface area contributed by atoms with Crippen LogP contribution in [-0.2, 0) is 6.54 Å². The van der Waals surface area contributed by atoms with E-state index in [0.717, 1.165) is 5.69 Å². The Labute approximate surface area is 127 Å². The molecule has 0 atom stereocenters. The van der Waals surface area contributed by atoms with Crippen molar-refractivity contribution in [2.75, 3.05) is 5.73 Å². The number of nitrogen functional groups attached to an aromatic ring is 1. The molecule has 0 aliphatic rings. The van der Waals surface area contributed by atoms with Gasteiger partial charge in [0, 0.05) is 6.20 Å². The Hall–Kier alpha value is -2.21. The summed E-state index contributed by atoms with van der Waals surface area (Å²) in [7, 11) is 0. The van der Waals surface area contributed by atoms with Crippen LogP contribution in [0.25, 0.3) is 11.2 Å². The number of nitrogens with two attached hydrogens (primary N) is 1. The fourth-order valence-electron chi connectivity index (χ4n) is 2.24. The summed E-state index contributed by atoms with van der Waals surface area (Å²) in [6.07, 6.45) is 3.56. The molecule has 0 aliphatic heterocycles. The number of nitrogens with zero attached hydrogens (tertiary/aromatic N) is 5. The van der Waals surface area contributed by atoms with Crippen LogP contribution < -0.4 is 5.73 Å². The quantitative estimate of drug-likeness (QED) is 0.735. The standard InChI is InChI=1S/C14H15ClN6/c1-7-4-17-10(9(3)8(7)2)5-21-6-18-11-12(15)19-14(16)20-13(11)21/h4,6H,5H2,1-3H3,(H2,16,19,20). The first-order valence-corrected chi connectivity index (χ1v) is 6.90. The Morgan fingerprint density at radius 3 is 2.67 bits per heavy atom. The van der Waals surface area contributed by atoms with Gasteiger partial charge >= 0.3 is 0 Å². The van der Waals surface area contributed by atoms with E-state index < -0.39 is 0 Å². The summed E-state index contributed by atoms with van der Waals surface area (Å²) >= 11 is 6.03. The number of rotatable bonds is 2. The minimum atomic E-state index is 0.138. The van der Waals surface area contributed by atoms with Gasteiger partial charge in [-0.1, -0.05) is 11.6 Å². The molecule has 3 aromatic heterocycles. The van der Waals surface area contributed by atoms with E-state index in [2.05, 4.69) is 40.7 Å². The Balaban J connectivity index is 2.09. The molecule has 2 N–H and O–H groups in total. The van der Waals surface area contributed by atoms with Gasteiger partial charge in [0.1, 0.15) is 5.52 Å². The number of aryl methyl sites for hydroxylation is 1. The highest BCUT2D eigenvalue weighted by molar-refractivity contribution is 6.33. The molecule has 3 heterocycles. The number of halogens is 1. The second-order valence-electron chi connectivity index (χ2n) is 5.06. The largest absolute Gasteiger partial charge is 0.368 e. The maximum absolute atomic E-state index is 6.03. The van der Waals surface area contributed by atoms with Crippen LogP contribution in [0, 0.1) is 20.8 Å². The molecule has 21 heavy (non-hydrogen) atoms. The van der Waals surface area contributed by atoms with Crippen LogP contribution in [-0.4, -0.2) is 24.5 Å². The van der Waals surface area contributed by atoms with Crippen LogP contribution in [0.3, 0.4) is 0 Å². The van der Waals surface area contributed by atoms with E-state index in [1.165, 1.54) is 16.7 Å². The number of fused-ring (bicyclic) bond motifs is 1. The number of hydrogen-bond donors (Lipinski definition) is 1. The van der Waals surface area contributed by atoms with Crippen molar-refractivity contribution in [3.8, 4) is 0 Å². The molecule has 0 aromatic carbocycles. The average Bonchev–Trinajstić information content (AvgIpc) is 2.83. The molecule has 6 nitrogen and oxygen atoms in total. The third-order valence-corrected chi connectivity index (χ3v) is 4.02. The number of aromatic nitrogens is 5. The summed E-state index contributed by atoms with van der Waals surface area (Å²) in [6.45, 7) is 6.79. The van der Waals surface area contributed by atoms with E-state index in [4.69, 9.17) is 17.3 Å². The summed E-state index contributed by atoms with van der Waals surface area (Å²) in [4.78, 5) is 16.9. The molecule has 0 unspecified atom stereocenters. The van der Waals surface area contributed by atoms with Gasteiger partial charge in [-0.25, -0.2) is 4.98 Å². The van der Waals surface area contributed by atoms with Crippen molar-refractivity contribution < 1.29 is 0 Å². The third-order valence-electron chi connectivity index (χ3n) is 3.76. The van der Waals surface area contributed by atoms with Gasteiger partial charge in [-0.05, 0) is 37.5 Å². The molecule has 0 amide bonds. The molecule has 0 saturated carbocycles. The van der Waals surface area contributed by atoms with Crippen LogP contribution in [0.1, 0.15) is 22.4 Å². The lowest BCUT2D eigenvalue weighted by Gasteiger charge is -2.11. The van der Waals surface area contributed by atoms with E-state index >= 15 is 0 Å². The maximum atomic E-state index is 6.03. The lowest BCUT2D eigenvalue weighted by molar-refractivity contribution is 0.778. The summed E-state index contributed by atoms with van der Waals surface area (Å²) in [6, 6.07) is 0. The molecule has 7 heteroatoms. The van der Waals surface area contributed by atoms with Crippen molar-refractivity contribution in [3.05, 3.63) is 40.1 Å². The highest BCUT2D eigenvalue weighted by Gasteiger charge is 2.13. The van der Waals surface area contributed by atoms with Crippen molar-refractivity contribution >= 4 is 28.7 Å². The molecule has 3 rings (SSSR count). The van der Waals surface area contributed by atoms with E-state index in [1.807, 2.05) is 10.8 Å². The first-order valence-electron chi connectivity index (χ1n) is 6.53. The Bertz CT molecular complexity index is 839. The Kier molecular flexibility index (Phi) is 3.25. The second kappa shape index (κ2) is 4.96. The van der Waals surface area contributed by atoms with E-state index in [-0.39, 0.29) is 11.1 Å². The van der Waals surface area contributed by atoms with E-state index in [9.17, 15) is 0 Å². The number of anilines is 1. The highest BCUT2D eigenvalue weighted by atomic mass is 35.5. The Morgan fingerprint density at radius 2 is 1.90 bits per heavy atom. The summed E-state index contributed by atoms with van der Waals surface area (Å²) in [5.41, 5.74) is 11.4. The average molecular weight is 303 g/mol. The second-order valence-corrected chi connectivity index (χ2v) is 5.41. The number of pyridine rings is 1. The van der Waals surface area contributed by atoms with E-state index in [0.29, 0.717) is 17.7 Å². The molecule has 0 fully saturated rings. The van der Waals surface area contributed by atoms with Crippen molar-refractivity contribution in [3.63, 3.8) is 0 Å². The van der Waals surface area contributed by atoms with Crippen LogP contribution in [0.4, 0.5) is 5.95 Å². The minimum absolute atomic E-state index is 0.138. The zero-order valence-electron chi connectivity index (χ0n) is 12.1. The maximum Gasteiger partial charge on any atom is 0.223 e. The summed E-state index contributed by atoms with van der Waals surface area (Å²) < 4.78 is 1.88. The molecular formula is C14H15ClN6.